The fraction of sp³-hybridized carbons (Fsp3) is 0.150. The van der Waals surface area contributed by atoms with Gasteiger partial charge in [-0.05, 0) is 27.9 Å². The molecule has 1 heterocycles. The van der Waals surface area contributed by atoms with E-state index in [4.69, 9.17) is 0 Å². The number of nitro groups is 1. The zero-order valence-electron chi connectivity index (χ0n) is 15.7. The molecule has 29 heavy (non-hydrogen) atoms. The van der Waals surface area contributed by atoms with Gasteiger partial charge in [0.05, 0.1) is 10.6 Å². The van der Waals surface area contributed by atoms with Crippen LogP contribution in [0.4, 0.5) is 11.4 Å². The Bertz CT molecular complexity index is 1160. The van der Waals surface area contributed by atoms with E-state index in [9.17, 15) is 10.1 Å². The number of hydrogen-bond acceptors (Lipinski definition) is 7. The summed E-state index contributed by atoms with van der Waals surface area (Å²) in [5, 5.41) is 26.3. The van der Waals surface area contributed by atoms with Gasteiger partial charge in [0.2, 0.25) is 5.16 Å². The smallest absolute Gasteiger partial charge is 0.292 e. The molecule has 3 aromatic carbocycles. The molecule has 0 saturated carbocycles. The minimum Gasteiger partial charge on any atom is -0.368 e. The Balaban J connectivity index is 1.50. The number of nitro benzene ring substituents is 1. The molecular weight excluding hydrogens is 388 g/mol. The van der Waals surface area contributed by atoms with Crippen LogP contribution in [0.1, 0.15) is 0 Å². The van der Waals surface area contributed by atoms with E-state index in [1.165, 1.54) is 17.8 Å². The first-order valence-corrected chi connectivity index (χ1v) is 9.97. The van der Waals surface area contributed by atoms with Crippen LogP contribution in [0.15, 0.2) is 71.9 Å². The van der Waals surface area contributed by atoms with Gasteiger partial charge in [-0.3, -0.25) is 10.1 Å². The Labute approximate surface area is 171 Å². The highest BCUT2D eigenvalue weighted by Crippen LogP contribution is 2.28. The summed E-state index contributed by atoms with van der Waals surface area (Å²) >= 11 is 1.51. The van der Waals surface area contributed by atoms with E-state index in [0.29, 0.717) is 23.1 Å². The van der Waals surface area contributed by atoms with Gasteiger partial charge in [0.1, 0.15) is 5.69 Å². The van der Waals surface area contributed by atoms with Gasteiger partial charge in [-0.2, -0.15) is 4.68 Å². The molecular formula is C20H18N6O2S. The van der Waals surface area contributed by atoms with Gasteiger partial charge in [-0.25, -0.2) is 0 Å². The van der Waals surface area contributed by atoms with Gasteiger partial charge < -0.3 is 4.90 Å². The van der Waals surface area contributed by atoms with Crippen LogP contribution >= 0.6 is 11.8 Å². The highest BCUT2D eigenvalue weighted by Gasteiger charge is 2.17. The standard InChI is InChI=1S/C20H18N6O2S/c1-24(18-10-4-5-11-19(18)26(27)28)13-14-29-20-21-22-23-25(20)17-12-6-8-15-7-2-3-9-16(15)17/h2-12H,13-14H2,1H3. The van der Waals surface area contributed by atoms with E-state index >= 15 is 0 Å². The summed E-state index contributed by atoms with van der Waals surface area (Å²) in [5.74, 6) is 0.674. The number of anilines is 1. The van der Waals surface area contributed by atoms with Crippen molar-refractivity contribution in [2.24, 2.45) is 0 Å². The lowest BCUT2D eigenvalue weighted by molar-refractivity contribution is -0.384. The van der Waals surface area contributed by atoms with Gasteiger partial charge in [0.25, 0.3) is 5.69 Å². The molecule has 0 radical (unpaired) electrons. The lowest BCUT2D eigenvalue weighted by Crippen LogP contribution is -2.21. The summed E-state index contributed by atoms with van der Waals surface area (Å²) in [6.07, 6.45) is 0. The van der Waals surface area contributed by atoms with Crippen molar-refractivity contribution < 1.29 is 4.92 Å². The molecule has 9 heteroatoms. The second-order valence-corrected chi connectivity index (χ2v) is 7.45. The Kier molecular flexibility index (Phi) is 5.39. The van der Waals surface area contributed by atoms with Crippen LogP contribution in [-0.2, 0) is 0 Å². The first kappa shape index (κ1) is 18.9. The Morgan fingerprint density at radius 1 is 1.07 bits per heavy atom. The third-order valence-corrected chi connectivity index (χ3v) is 5.48. The Morgan fingerprint density at radius 2 is 1.83 bits per heavy atom. The second kappa shape index (κ2) is 8.27. The number of benzene rings is 3. The summed E-state index contributed by atoms with van der Waals surface area (Å²) in [4.78, 5) is 12.8. The van der Waals surface area contributed by atoms with E-state index in [-0.39, 0.29) is 10.6 Å². The predicted molar refractivity (Wildman–Crippen MR) is 114 cm³/mol. The third-order valence-electron chi connectivity index (χ3n) is 4.58. The number of fused-ring (bicyclic) bond motifs is 1. The quantitative estimate of drug-likeness (QED) is 0.261. The first-order chi connectivity index (χ1) is 14.1. The highest BCUT2D eigenvalue weighted by molar-refractivity contribution is 7.99. The lowest BCUT2D eigenvalue weighted by Gasteiger charge is -2.18. The number of aromatic nitrogens is 4. The molecule has 4 rings (SSSR count). The van der Waals surface area contributed by atoms with Crippen molar-refractivity contribution >= 4 is 33.9 Å². The van der Waals surface area contributed by atoms with Gasteiger partial charge in [0, 0.05) is 30.8 Å². The van der Waals surface area contributed by atoms with E-state index in [1.54, 1.807) is 22.9 Å². The topological polar surface area (TPSA) is 90.0 Å². The van der Waals surface area contributed by atoms with E-state index in [1.807, 2.05) is 42.3 Å². The zero-order chi connectivity index (χ0) is 20.2. The van der Waals surface area contributed by atoms with E-state index < -0.39 is 0 Å². The summed E-state index contributed by atoms with van der Waals surface area (Å²) < 4.78 is 1.73. The van der Waals surface area contributed by atoms with Crippen molar-refractivity contribution in [2.75, 3.05) is 24.2 Å². The fourth-order valence-corrected chi connectivity index (χ4v) is 4.05. The predicted octanol–water partition coefficient (Wildman–Crippen LogP) is 3.95. The molecule has 0 N–H and O–H groups in total. The fourth-order valence-electron chi connectivity index (χ4n) is 3.15. The molecule has 0 aliphatic rings. The molecule has 0 fully saturated rings. The van der Waals surface area contributed by atoms with Gasteiger partial charge in [0.15, 0.2) is 0 Å². The maximum absolute atomic E-state index is 11.2. The second-order valence-electron chi connectivity index (χ2n) is 6.39. The third kappa shape index (κ3) is 3.90. The summed E-state index contributed by atoms with van der Waals surface area (Å²) in [6, 6.07) is 20.8. The maximum atomic E-state index is 11.2. The van der Waals surface area contributed by atoms with Gasteiger partial charge in [-0.15, -0.1) is 5.10 Å². The minimum absolute atomic E-state index is 0.0978. The molecule has 0 saturated heterocycles. The summed E-state index contributed by atoms with van der Waals surface area (Å²) in [5.41, 5.74) is 1.61. The SMILES string of the molecule is CN(CCSc1nnnn1-c1cccc2ccccc12)c1ccccc1[N+](=O)[O-]. The van der Waals surface area contributed by atoms with Crippen LogP contribution in [0, 0.1) is 10.1 Å². The molecule has 146 valence electrons. The first-order valence-electron chi connectivity index (χ1n) is 8.99. The molecule has 0 spiro atoms. The molecule has 0 aliphatic heterocycles. The molecule has 0 unspecified atom stereocenters. The number of nitrogens with zero attached hydrogens (tertiary/aromatic N) is 6. The number of thioether (sulfide) groups is 1. The zero-order valence-corrected chi connectivity index (χ0v) is 16.5. The number of hydrogen-bond donors (Lipinski definition) is 0. The Hall–Kier alpha value is -3.46. The highest BCUT2D eigenvalue weighted by atomic mass is 32.2. The average Bonchev–Trinajstić information content (AvgIpc) is 3.21. The van der Waals surface area contributed by atoms with E-state index in [2.05, 4.69) is 27.7 Å². The Morgan fingerprint density at radius 3 is 2.69 bits per heavy atom. The number of tetrazole rings is 1. The van der Waals surface area contributed by atoms with Crippen molar-refractivity contribution in [1.82, 2.24) is 20.2 Å². The molecule has 0 bridgehead atoms. The normalized spacial score (nSPS) is 10.9. The van der Waals surface area contributed by atoms with Crippen molar-refractivity contribution in [2.45, 2.75) is 5.16 Å². The molecule has 0 amide bonds. The van der Waals surface area contributed by atoms with Crippen molar-refractivity contribution in [3.8, 4) is 5.69 Å². The van der Waals surface area contributed by atoms with Crippen molar-refractivity contribution in [3.63, 3.8) is 0 Å². The van der Waals surface area contributed by atoms with Crippen LogP contribution in [-0.4, -0.2) is 44.5 Å². The van der Waals surface area contributed by atoms with Crippen LogP contribution in [0.5, 0.6) is 0 Å². The van der Waals surface area contributed by atoms with Crippen LogP contribution in [0.25, 0.3) is 16.5 Å². The van der Waals surface area contributed by atoms with Crippen molar-refractivity contribution in [1.29, 1.82) is 0 Å². The minimum atomic E-state index is -0.361. The lowest BCUT2D eigenvalue weighted by atomic mass is 10.1. The van der Waals surface area contributed by atoms with Crippen LogP contribution < -0.4 is 4.90 Å². The number of para-hydroxylation sites is 2. The summed E-state index contributed by atoms with van der Waals surface area (Å²) in [7, 11) is 1.84. The van der Waals surface area contributed by atoms with E-state index in [0.717, 1.165) is 16.5 Å². The molecule has 0 atom stereocenters. The maximum Gasteiger partial charge on any atom is 0.292 e. The molecule has 0 aliphatic carbocycles. The van der Waals surface area contributed by atoms with Gasteiger partial charge in [-0.1, -0.05) is 60.3 Å². The number of rotatable bonds is 7. The molecule has 4 aromatic rings. The molecule has 1 aromatic heterocycles. The van der Waals surface area contributed by atoms with Crippen LogP contribution in [0.2, 0.25) is 0 Å². The summed E-state index contributed by atoms with van der Waals surface area (Å²) in [6.45, 7) is 0.609. The van der Waals surface area contributed by atoms with Crippen LogP contribution in [0.3, 0.4) is 0 Å². The van der Waals surface area contributed by atoms with Crippen molar-refractivity contribution in [3.05, 3.63) is 76.8 Å². The average molecular weight is 406 g/mol. The monoisotopic (exact) mass is 406 g/mol. The largest absolute Gasteiger partial charge is 0.368 e. The molecule has 8 nitrogen and oxygen atoms in total. The van der Waals surface area contributed by atoms with Gasteiger partial charge >= 0.3 is 0 Å².